The number of hydrogen-bond donors (Lipinski definition) is 1. The molecule has 0 radical (unpaired) electrons. The van der Waals surface area contributed by atoms with E-state index in [0.717, 1.165) is 16.2 Å². The first kappa shape index (κ1) is 69.6. The summed E-state index contributed by atoms with van der Waals surface area (Å²) in [6.07, 6.45) is -6.57. The Kier molecular flexibility index (Phi) is 24.9. The zero-order valence-electron chi connectivity index (χ0n) is 52.1. The molecular weight excluding hydrogens is 1230 g/mol. The third-order valence-corrected chi connectivity index (χ3v) is 16.8. The van der Waals surface area contributed by atoms with Gasteiger partial charge in [0.25, 0.3) is 19.9 Å². The van der Waals surface area contributed by atoms with Crippen LogP contribution >= 0.6 is 8.53 Å². The number of amides is 1. The van der Waals surface area contributed by atoms with E-state index in [-0.39, 0.29) is 81.6 Å². The van der Waals surface area contributed by atoms with E-state index in [1.165, 1.54) is 60.8 Å². The number of hydrogen-bond acceptors (Lipinski definition) is 21. The molecule has 0 saturated carbocycles. The minimum absolute atomic E-state index is 0.0173. The number of ether oxygens (including phenoxy) is 9. The van der Waals surface area contributed by atoms with Crippen molar-refractivity contribution in [2.24, 2.45) is 0 Å². The molecule has 93 heavy (non-hydrogen) atoms. The Morgan fingerprint density at radius 3 is 1.84 bits per heavy atom. The van der Waals surface area contributed by atoms with Crippen LogP contribution in [0.2, 0.25) is 0 Å². The largest absolute Gasteiger partial charge is 0.513 e. The number of carbonyl (C=O) groups is 2. The van der Waals surface area contributed by atoms with E-state index < -0.39 is 84.3 Å². The minimum atomic E-state index is -2.10. The van der Waals surface area contributed by atoms with Gasteiger partial charge in [-0.15, -0.1) is 0 Å². The Hall–Kier alpha value is -9.29. The summed E-state index contributed by atoms with van der Waals surface area (Å²) in [5.74, 6) is -0.345. The van der Waals surface area contributed by atoms with Gasteiger partial charge in [-0.3, -0.25) is 30.1 Å². The first-order valence-corrected chi connectivity index (χ1v) is 30.7. The molecule has 6 aromatic carbocycles. The fourth-order valence-electron chi connectivity index (χ4n) is 10.2. The van der Waals surface area contributed by atoms with E-state index in [9.17, 15) is 39.9 Å². The molecule has 8 rings (SSSR count). The zero-order chi connectivity index (χ0) is 66.6. The number of nitro groups is 2. The number of anilines is 1. The average Bonchev–Trinajstić information content (AvgIpc) is 1.55. The second-order valence-corrected chi connectivity index (χ2v) is 23.0. The maximum atomic E-state index is 15.7. The van der Waals surface area contributed by atoms with Crippen molar-refractivity contribution >= 4 is 38.0 Å². The molecule has 1 aliphatic heterocycles. The maximum absolute atomic E-state index is 15.7. The number of nitrogens with one attached hydrogen (secondary N) is 1. The smallest absolute Gasteiger partial charge is 0.497 e. The molecule has 1 N–H and O–H groups in total. The number of nitro benzene ring substituents is 2. The van der Waals surface area contributed by atoms with Crippen LogP contribution in [0.3, 0.4) is 0 Å². The quantitative estimate of drug-likeness (QED) is 0.00599. The highest BCUT2D eigenvalue weighted by atomic mass is 31.2. The number of benzene rings is 6. The van der Waals surface area contributed by atoms with Gasteiger partial charge in [0.15, 0.2) is 24.1 Å². The number of halogens is 1. The number of non-ortho nitro benzene ring substituents is 2. The van der Waals surface area contributed by atoms with Crippen molar-refractivity contribution < 1.29 is 75.5 Å². The third kappa shape index (κ3) is 18.5. The molecule has 2 heterocycles. The van der Waals surface area contributed by atoms with Gasteiger partial charge < -0.3 is 51.7 Å². The van der Waals surface area contributed by atoms with Crippen molar-refractivity contribution in [3.8, 4) is 23.3 Å². The van der Waals surface area contributed by atoms with Crippen LogP contribution in [0, 0.1) is 37.4 Å². The molecule has 27 heteroatoms. The van der Waals surface area contributed by atoms with Crippen molar-refractivity contribution in [3.63, 3.8) is 0 Å². The highest BCUT2D eigenvalue weighted by Gasteiger charge is 2.52. The summed E-state index contributed by atoms with van der Waals surface area (Å²) in [5.41, 5.74) is 1.24. The van der Waals surface area contributed by atoms with Gasteiger partial charge in [-0.25, -0.2) is 23.4 Å². The molecule has 0 aliphatic carbocycles. The van der Waals surface area contributed by atoms with Crippen LogP contribution in [0.1, 0.15) is 80.6 Å². The second-order valence-electron chi connectivity index (χ2n) is 21.6. The summed E-state index contributed by atoms with van der Waals surface area (Å²) in [6.45, 7) is 8.64. The summed E-state index contributed by atoms with van der Waals surface area (Å²) < 4.78 is 87.0. The standard InChI is InChI=1S/C66H71FN7O18P/c1-43(2)72(44(3)4)93(88-37-11-35-68)92-60-58(42-87-66(49-12-9-8-10-13-49,50-19-27-54(82-6)28-20-50)51-21-29-55(83-7)30-22-51)90-62(71-36-32-59(69-63(71)75)70-64(76)84-38-33-46-14-23-52(24-15-46)73(78)79)61(60)89-45(5)86-41-48-18-31-57(56(67)40-48)91-65(77)85-39-34-47-16-25-53(26-17-47)74(80)81/h8-10,12-32,36,40,43-45,58,60-62H,11,33-34,37-39,41-42H2,1-7H3,(H,69,70,75,76)/t45?,58-,60-,61-,62-,93?/m1/s1. The number of nitrogens with zero attached hydrogens (tertiary/aromatic N) is 6. The van der Waals surface area contributed by atoms with E-state index in [4.69, 9.17) is 51.7 Å². The third-order valence-electron chi connectivity index (χ3n) is 14.7. The summed E-state index contributed by atoms with van der Waals surface area (Å²) in [7, 11) is 1.04. The van der Waals surface area contributed by atoms with Crippen LogP contribution in [-0.2, 0) is 62.5 Å². The maximum Gasteiger partial charge on any atom is 0.513 e. The van der Waals surface area contributed by atoms with Crippen LogP contribution in [0.25, 0.3) is 0 Å². The lowest BCUT2D eigenvalue weighted by molar-refractivity contribution is -0.385. The summed E-state index contributed by atoms with van der Waals surface area (Å²) in [6, 6.07) is 42.8. The number of carbonyl (C=O) groups excluding carboxylic acids is 2. The van der Waals surface area contributed by atoms with Crippen molar-refractivity contribution in [1.29, 1.82) is 5.26 Å². The molecule has 1 aliphatic rings. The summed E-state index contributed by atoms with van der Waals surface area (Å²) in [4.78, 5) is 65.6. The molecule has 0 bridgehead atoms. The topological polar surface area (TPSA) is 296 Å². The predicted octanol–water partition coefficient (Wildman–Crippen LogP) is 12.3. The zero-order valence-corrected chi connectivity index (χ0v) is 53.0. The Morgan fingerprint density at radius 2 is 1.31 bits per heavy atom. The molecule has 25 nitrogen and oxygen atoms in total. The van der Waals surface area contributed by atoms with Crippen LogP contribution in [-0.4, -0.2) is 114 Å². The fourth-order valence-corrected chi connectivity index (χ4v) is 12.0. The number of methoxy groups -OCH3 is 2. The highest BCUT2D eigenvalue weighted by Crippen LogP contribution is 2.51. The van der Waals surface area contributed by atoms with Gasteiger partial charge in [-0.05, 0) is 110 Å². The summed E-state index contributed by atoms with van der Waals surface area (Å²) >= 11 is 0. The second kappa shape index (κ2) is 33.3. The van der Waals surface area contributed by atoms with Crippen molar-refractivity contribution in [1.82, 2.24) is 14.2 Å². The molecule has 7 aromatic rings. The normalized spacial score (nSPS) is 16.1. The Labute approximate surface area is 537 Å². The van der Waals surface area contributed by atoms with E-state index in [0.29, 0.717) is 39.3 Å². The monoisotopic (exact) mass is 1300 g/mol. The van der Waals surface area contributed by atoms with Gasteiger partial charge in [0.05, 0.1) is 69.6 Å². The van der Waals surface area contributed by atoms with Gasteiger partial charge in [-0.1, -0.05) is 84.9 Å². The molecule has 1 amide bonds. The Morgan fingerprint density at radius 1 is 0.753 bits per heavy atom. The first-order chi connectivity index (χ1) is 44.8. The van der Waals surface area contributed by atoms with Crippen molar-refractivity contribution in [2.75, 3.05) is 46.0 Å². The van der Waals surface area contributed by atoms with E-state index in [2.05, 4.69) is 16.4 Å². The number of nitriles is 1. The first-order valence-electron chi connectivity index (χ1n) is 29.6. The van der Waals surface area contributed by atoms with Crippen molar-refractivity contribution in [3.05, 3.63) is 228 Å². The Balaban J connectivity index is 1.12. The van der Waals surface area contributed by atoms with Gasteiger partial charge in [0.1, 0.15) is 41.2 Å². The average molecular weight is 1300 g/mol. The highest BCUT2D eigenvalue weighted by molar-refractivity contribution is 7.44. The molecule has 0 spiro atoms. The van der Waals surface area contributed by atoms with Gasteiger partial charge in [-0.2, -0.15) is 10.2 Å². The SMILES string of the molecule is COc1ccc(C(OC[C@H]2O[C@@H](n3ccc(NC(=O)OCCc4ccc([N+](=O)[O-])cc4)nc3=O)[C@H](OC(C)OCc3ccc(OC(=O)OCCc4ccc([N+](=O)[O-])cc4)c(F)c3)[C@@H]2OP(OCCC#N)N(C(C)C)C(C)C)(c2ccccc2)c2ccc(OC)cc2)cc1. The molecule has 1 aromatic heterocycles. The molecule has 2 unspecified atom stereocenters. The van der Waals surface area contributed by atoms with Gasteiger partial charge >= 0.3 is 17.9 Å². The number of rotatable bonds is 32. The molecule has 1 saturated heterocycles. The van der Waals surface area contributed by atoms with Gasteiger partial charge in [0.2, 0.25) is 0 Å². The van der Waals surface area contributed by atoms with Crippen LogP contribution in [0.15, 0.2) is 163 Å². The molecule has 490 valence electrons. The van der Waals surface area contributed by atoms with E-state index >= 15 is 4.39 Å². The van der Waals surface area contributed by atoms with Gasteiger partial charge in [0, 0.05) is 55.4 Å². The van der Waals surface area contributed by atoms with E-state index in [1.54, 1.807) is 33.3 Å². The minimum Gasteiger partial charge on any atom is -0.497 e. The lowest BCUT2D eigenvalue weighted by atomic mass is 9.80. The summed E-state index contributed by atoms with van der Waals surface area (Å²) in [5, 5.41) is 34.4. The lowest BCUT2D eigenvalue weighted by Crippen LogP contribution is -2.44. The van der Waals surface area contributed by atoms with Crippen LogP contribution in [0.5, 0.6) is 17.2 Å². The predicted molar refractivity (Wildman–Crippen MR) is 337 cm³/mol. The van der Waals surface area contributed by atoms with E-state index in [1.807, 2.05) is 111 Å². The fraction of sp³-hybridized carbons (Fsp3) is 0.348. The molecular formula is C66H71FN7O18P. The molecule has 1 fully saturated rings. The van der Waals surface area contributed by atoms with Crippen molar-refractivity contribution in [2.45, 2.75) is 109 Å². The Bertz CT molecular complexity index is 3660. The van der Waals surface area contributed by atoms with Crippen LogP contribution in [0.4, 0.5) is 31.2 Å². The van der Waals surface area contributed by atoms with Crippen LogP contribution < -0.4 is 25.2 Å². The molecule has 6 atom stereocenters. The lowest BCUT2D eigenvalue weighted by Gasteiger charge is -2.39. The number of aromatic nitrogens is 2.